The molecule has 2 rings (SSSR count). The van der Waals surface area contributed by atoms with Crippen molar-refractivity contribution < 1.29 is 14.0 Å². The zero-order valence-corrected chi connectivity index (χ0v) is 16.0. The van der Waals surface area contributed by atoms with Gasteiger partial charge in [0, 0.05) is 39.8 Å². The highest BCUT2D eigenvalue weighted by Crippen LogP contribution is 2.07. The van der Waals surface area contributed by atoms with Crippen molar-refractivity contribution in [2.45, 2.75) is 32.3 Å². The molecule has 0 spiro atoms. The maximum Gasteiger partial charge on any atom is 0.228 e. The lowest BCUT2D eigenvalue weighted by molar-refractivity contribution is 0.0420. The normalized spacial score (nSPS) is 17.8. The van der Waals surface area contributed by atoms with E-state index in [4.69, 9.17) is 14.0 Å². The predicted octanol–water partition coefficient (Wildman–Crippen LogP) is 0.899. The monoisotopic (exact) mass is 439 g/mol. The molecule has 0 amide bonds. The molecule has 1 unspecified atom stereocenters. The Balaban J connectivity index is 0.00000264. The molecule has 2 N–H and O–H groups in total. The van der Waals surface area contributed by atoms with Crippen LogP contribution < -0.4 is 10.6 Å². The van der Waals surface area contributed by atoms with Gasteiger partial charge in [0.25, 0.3) is 0 Å². The van der Waals surface area contributed by atoms with Gasteiger partial charge < -0.3 is 24.6 Å². The first-order valence-corrected chi connectivity index (χ1v) is 7.71. The van der Waals surface area contributed by atoms with Gasteiger partial charge in [0.15, 0.2) is 11.8 Å². The number of ether oxygens (including phenoxy) is 2. The van der Waals surface area contributed by atoms with Crippen molar-refractivity contribution in [1.29, 1.82) is 0 Å². The molecule has 0 aromatic carbocycles. The molecule has 9 heteroatoms. The Hall–Kier alpha value is -0.940. The Morgan fingerprint density at radius 2 is 2.22 bits per heavy atom. The molecule has 0 saturated carbocycles. The Labute approximate surface area is 153 Å². The maximum absolute atomic E-state index is 5.71. The van der Waals surface area contributed by atoms with Crippen LogP contribution in [0.1, 0.15) is 24.6 Å². The number of nitrogens with zero attached hydrogens (tertiary/aromatic N) is 3. The maximum atomic E-state index is 5.71. The molecule has 1 aliphatic heterocycles. The highest BCUT2D eigenvalue weighted by atomic mass is 127. The first-order chi connectivity index (χ1) is 10.8. The average molecular weight is 439 g/mol. The number of rotatable bonds is 8. The van der Waals surface area contributed by atoms with Crippen molar-refractivity contribution in [3.8, 4) is 0 Å². The third-order valence-corrected chi connectivity index (χ3v) is 3.28. The lowest BCUT2D eigenvalue weighted by atomic mass is 10.3. The van der Waals surface area contributed by atoms with Gasteiger partial charge in [-0.05, 0) is 19.8 Å². The Bertz CT molecular complexity index is 463. The number of nitrogens with one attached hydrogen (secondary N) is 2. The van der Waals surface area contributed by atoms with Gasteiger partial charge in [-0.15, -0.1) is 24.0 Å². The fourth-order valence-corrected chi connectivity index (χ4v) is 2.12. The number of guanidine groups is 1. The summed E-state index contributed by atoms with van der Waals surface area (Å²) in [7, 11) is 1.75. The van der Waals surface area contributed by atoms with Gasteiger partial charge in [0.1, 0.15) is 0 Å². The van der Waals surface area contributed by atoms with E-state index in [-0.39, 0.29) is 30.1 Å². The van der Waals surface area contributed by atoms with E-state index in [1.165, 1.54) is 0 Å². The second-order valence-corrected chi connectivity index (χ2v) is 5.12. The van der Waals surface area contributed by atoms with Gasteiger partial charge in [0.05, 0.1) is 12.7 Å². The Morgan fingerprint density at radius 3 is 2.87 bits per heavy atom. The molecule has 1 aliphatic rings. The number of aliphatic imine (C=N–C) groups is 1. The molecule has 8 nitrogen and oxygen atoms in total. The summed E-state index contributed by atoms with van der Waals surface area (Å²) in [6, 6.07) is 0. The summed E-state index contributed by atoms with van der Waals surface area (Å²) in [6.45, 7) is 5.59. The minimum Gasteiger partial charge on any atom is -0.379 e. The van der Waals surface area contributed by atoms with Crippen molar-refractivity contribution in [3.05, 3.63) is 11.7 Å². The molecule has 132 valence electrons. The highest BCUT2D eigenvalue weighted by Gasteiger charge is 2.15. The fraction of sp³-hybridized carbons (Fsp3) is 0.786. The summed E-state index contributed by atoms with van der Waals surface area (Å²) in [4.78, 5) is 8.32. The van der Waals surface area contributed by atoms with Crippen LogP contribution in [0.5, 0.6) is 0 Å². The first-order valence-electron chi connectivity index (χ1n) is 7.71. The van der Waals surface area contributed by atoms with Crippen molar-refractivity contribution in [2.75, 3.05) is 40.0 Å². The van der Waals surface area contributed by atoms with Gasteiger partial charge in [-0.25, -0.2) is 0 Å². The van der Waals surface area contributed by atoms with Crippen LogP contribution in [0.4, 0.5) is 0 Å². The second-order valence-electron chi connectivity index (χ2n) is 5.12. The summed E-state index contributed by atoms with van der Waals surface area (Å²) in [5.41, 5.74) is 0. The number of halogens is 1. The van der Waals surface area contributed by atoms with E-state index in [1.54, 1.807) is 14.0 Å². The molecular weight excluding hydrogens is 413 g/mol. The summed E-state index contributed by atoms with van der Waals surface area (Å²) >= 11 is 0. The molecule has 0 bridgehead atoms. The zero-order chi connectivity index (χ0) is 15.6. The summed E-state index contributed by atoms with van der Waals surface area (Å²) in [5.74, 6) is 2.05. The molecule has 1 aromatic heterocycles. The van der Waals surface area contributed by atoms with Gasteiger partial charge in [0.2, 0.25) is 5.89 Å². The molecule has 0 radical (unpaired) electrons. The van der Waals surface area contributed by atoms with Crippen molar-refractivity contribution >= 4 is 29.9 Å². The topological polar surface area (TPSA) is 93.8 Å². The third kappa shape index (κ3) is 7.93. The molecule has 1 aromatic rings. The second kappa shape index (κ2) is 11.6. The summed E-state index contributed by atoms with van der Waals surface area (Å²) in [6.07, 6.45) is 2.88. The fourth-order valence-electron chi connectivity index (χ4n) is 2.12. The Kier molecular flexibility index (Phi) is 10.1. The van der Waals surface area contributed by atoms with Crippen LogP contribution in [0.2, 0.25) is 0 Å². The van der Waals surface area contributed by atoms with E-state index in [9.17, 15) is 0 Å². The molecule has 0 aliphatic carbocycles. The summed E-state index contributed by atoms with van der Waals surface area (Å²) < 4.78 is 16.0. The van der Waals surface area contributed by atoms with Crippen LogP contribution in [0.3, 0.4) is 0 Å². The molecule has 1 fully saturated rings. The van der Waals surface area contributed by atoms with Crippen LogP contribution >= 0.6 is 24.0 Å². The molecule has 1 saturated heterocycles. The van der Waals surface area contributed by atoms with E-state index in [0.717, 1.165) is 45.2 Å². The van der Waals surface area contributed by atoms with Crippen LogP contribution in [0.15, 0.2) is 9.52 Å². The van der Waals surface area contributed by atoms with Gasteiger partial charge in [-0.3, -0.25) is 4.99 Å². The quantitative estimate of drug-likeness (QED) is 0.269. The Morgan fingerprint density at radius 1 is 1.39 bits per heavy atom. The minimum atomic E-state index is 0. The van der Waals surface area contributed by atoms with E-state index < -0.39 is 0 Å². The van der Waals surface area contributed by atoms with Crippen molar-refractivity contribution in [3.63, 3.8) is 0 Å². The predicted molar refractivity (Wildman–Crippen MR) is 97.3 cm³/mol. The number of hydrogen-bond acceptors (Lipinski definition) is 6. The lowest BCUT2D eigenvalue weighted by Gasteiger charge is -2.12. The van der Waals surface area contributed by atoms with E-state index in [1.807, 2.05) is 0 Å². The standard InChI is InChI=1S/C14H25N5O3.HI/c1-11-18-13(22-19-11)4-7-17-14(15-2)16-6-3-8-21-12-5-9-20-10-12;/h12H,3-10H2,1-2H3,(H2,15,16,17);1H. The van der Waals surface area contributed by atoms with Crippen LogP contribution in [0.25, 0.3) is 0 Å². The number of aryl methyl sites for hydroxylation is 1. The van der Waals surface area contributed by atoms with Crippen LogP contribution in [-0.2, 0) is 15.9 Å². The van der Waals surface area contributed by atoms with Gasteiger partial charge in [-0.2, -0.15) is 4.98 Å². The van der Waals surface area contributed by atoms with Gasteiger partial charge in [-0.1, -0.05) is 5.16 Å². The minimum absolute atomic E-state index is 0. The summed E-state index contributed by atoms with van der Waals surface area (Å²) in [5, 5.41) is 10.2. The number of hydrogen-bond donors (Lipinski definition) is 2. The zero-order valence-electron chi connectivity index (χ0n) is 13.7. The SMILES string of the molecule is CN=C(NCCCOC1CCOC1)NCCc1nc(C)no1.I. The molecular formula is C14H26IN5O3. The largest absolute Gasteiger partial charge is 0.379 e. The van der Waals surface area contributed by atoms with Crippen LogP contribution in [-0.4, -0.2) is 62.2 Å². The third-order valence-electron chi connectivity index (χ3n) is 3.28. The highest BCUT2D eigenvalue weighted by molar-refractivity contribution is 14.0. The smallest absolute Gasteiger partial charge is 0.228 e. The van der Waals surface area contributed by atoms with E-state index in [0.29, 0.717) is 24.7 Å². The molecule has 1 atom stereocenters. The van der Waals surface area contributed by atoms with Crippen LogP contribution in [0, 0.1) is 6.92 Å². The molecule has 23 heavy (non-hydrogen) atoms. The van der Waals surface area contributed by atoms with Gasteiger partial charge >= 0.3 is 0 Å². The van der Waals surface area contributed by atoms with E-state index >= 15 is 0 Å². The van der Waals surface area contributed by atoms with E-state index in [2.05, 4.69) is 25.8 Å². The molecule has 2 heterocycles. The lowest BCUT2D eigenvalue weighted by Crippen LogP contribution is -2.39. The van der Waals surface area contributed by atoms with Crippen molar-refractivity contribution in [1.82, 2.24) is 20.8 Å². The first kappa shape index (κ1) is 20.1. The average Bonchev–Trinajstić information content (AvgIpc) is 3.17. The van der Waals surface area contributed by atoms with Crippen molar-refractivity contribution in [2.24, 2.45) is 4.99 Å². The number of aromatic nitrogens is 2.